The molecule has 1 aromatic rings. The van der Waals surface area contributed by atoms with Gasteiger partial charge < -0.3 is 24.5 Å². The van der Waals surface area contributed by atoms with Crippen molar-refractivity contribution in [2.24, 2.45) is 11.8 Å². The third-order valence-corrected chi connectivity index (χ3v) is 9.03. The number of aliphatic hydroxyl groups excluding tert-OH is 1. The van der Waals surface area contributed by atoms with Gasteiger partial charge in [-0.1, -0.05) is 68.5 Å². The summed E-state index contributed by atoms with van der Waals surface area (Å²) in [6, 6.07) is 7.96. The van der Waals surface area contributed by atoms with Gasteiger partial charge in [0, 0.05) is 25.7 Å². The smallest absolute Gasteiger partial charge is 0.249 e. The van der Waals surface area contributed by atoms with Gasteiger partial charge in [-0.2, -0.15) is 0 Å². The molecule has 210 valence electrons. The molecule has 39 heavy (non-hydrogen) atoms. The van der Waals surface area contributed by atoms with E-state index < -0.39 is 35.1 Å². The van der Waals surface area contributed by atoms with E-state index in [-0.39, 0.29) is 30.4 Å². The molecule has 4 heterocycles. The zero-order chi connectivity index (χ0) is 27.9. The Morgan fingerprint density at radius 1 is 0.974 bits per heavy atom. The lowest BCUT2D eigenvalue weighted by atomic mass is 9.73. The number of likely N-dealkylation sites (tertiary alicyclic amines) is 1. The minimum Gasteiger partial charge on any atom is -0.394 e. The van der Waals surface area contributed by atoms with E-state index in [2.05, 4.69) is 0 Å². The van der Waals surface area contributed by atoms with E-state index in [0.29, 0.717) is 32.5 Å². The highest BCUT2D eigenvalue weighted by molar-refractivity contribution is 6.00. The van der Waals surface area contributed by atoms with Gasteiger partial charge in [-0.25, -0.2) is 0 Å². The molecule has 4 aliphatic rings. The topological polar surface area (TPSA) is 90.4 Å². The average molecular weight is 536 g/mol. The van der Waals surface area contributed by atoms with Gasteiger partial charge >= 0.3 is 0 Å². The quantitative estimate of drug-likeness (QED) is 0.517. The van der Waals surface area contributed by atoms with Gasteiger partial charge in [-0.05, 0) is 38.7 Å². The lowest BCUT2D eigenvalue weighted by molar-refractivity contribution is -0.158. The maximum absolute atomic E-state index is 14.6. The van der Waals surface area contributed by atoms with Crippen molar-refractivity contribution in [3.63, 3.8) is 0 Å². The number of ether oxygens (including phenoxy) is 1. The molecule has 8 heteroatoms. The fourth-order valence-corrected chi connectivity index (χ4v) is 7.23. The molecule has 0 saturated carbocycles. The fraction of sp³-hybridized carbons (Fsp3) is 0.581. The highest BCUT2D eigenvalue weighted by Gasteiger charge is 2.75. The van der Waals surface area contributed by atoms with Crippen LogP contribution in [0.2, 0.25) is 0 Å². The highest BCUT2D eigenvalue weighted by Crippen LogP contribution is 2.59. The molecule has 0 radical (unpaired) electrons. The molecule has 2 fully saturated rings. The zero-order valence-corrected chi connectivity index (χ0v) is 23.5. The van der Waals surface area contributed by atoms with Crippen molar-refractivity contribution in [1.29, 1.82) is 0 Å². The van der Waals surface area contributed by atoms with Gasteiger partial charge in [0.25, 0.3) is 0 Å². The van der Waals surface area contributed by atoms with Crippen LogP contribution >= 0.6 is 0 Å². The van der Waals surface area contributed by atoms with E-state index in [1.807, 2.05) is 87.2 Å². The third kappa shape index (κ3) is 4.23. The van der Waals surface area contributed by atoms with Crippen LogP contribution in [0.25, 0.3) is 0 Å². The van der Waals surface area contributed by atoms with Crippen LogP contribution in [0.15, 0.2) is 54.6 Å². The summed E-state index contributed by atoms with van der Waals surface area (Å²) in [4.78, 5) is 48.3. The van der Waals surface area contributed by atoms with Gasteiger partial charge in [0.1, 0.15) is 11.6 Å². The van der Waals surface area contributed by atoms with Crippen LogP contribution in [0, 0.1) is 11.8 Å². The molecular weight excluding hydrogens is 494 g/mol. The van der Waals surface area contributed by atoms with Crippen LogP contribution in [-0.4, -0.2) is 93.1 Å². The van der Waals surface area contributed by atoms with Crippen LogP contribution in [-0.2, 0) is 25.5 Å². The van der Waals surface area contributed by atoms with Crippen molar-refractivity contribution in [1.82, 2.24) is 14.7 Å². The second kappa shape index (κ2) is 10.5. The van der Waals surface area contributed by atoms with Crippen molar-refractivity contribution >= 4 is 17.7 Å². The zero-order valence-electron chi connectivity index (χ0n) is 23.5. The van der Waals surface area contributed by atoms with Crippen LogP contribution in [0.5, 0.6) is 0 Å². The molecule has 4 aliphatic heterocycles. The Kier molecular flexibility index (Phi) is 7.46. The standard InChI is InChI=1S/C31H41N3O5/c1-5-16-32-17-10-14-30(6-2)24(27(32)36)25-28(37)34(23(20-35)19-22-12-8-7-9-13-22)26-29(38)33(21(3)4)18-11-15-31(25,26)39-30/h7-15,21,23-26,35H,5-6,16-20H2,1-4H3/t23-,24+,25+,26?,30-,31+/m1/s1. The molecule has 2 saturated heterocycles. The number of benzene rings is 1. The number of carbonyl (C=O) groups is 3. The lowest BCUT2D eigenvalue weighted by Gasteiger charge is -2.41. The van der Waals surface area contributed by atoms with Gasteiger partial charge in [0.05, 0.1) is 30.1 Å². The molecule has 8 nitrogen and oxygen atoms in total. The Morgan fingerprint density at radius 2 is 1.69 bits per heavy atom. The summed E-state index contributed by atoms with van der Waals surface area (Å²) in [7, 11) is 0. The second-order valence-corrected chi connectivity index (χ2v) is 11.6. The molecule has 5 rings (SSSR count). The lowest BCUT2D eigenvalue weighted by Crippen LogP contribution is -2.60. The van der Waals surface area contributed by atoms with Crippen molar-refractivity contribution in [3.05, 3.63) is 60.2 Å². The van der Waals surface area contributed by atoms with Gasteiger partial charge in [0.15, 0.2) is 0 Å². The fourth-order valence-electron chi connectivity index (χ4n) is 7.23. The van der Waals surface area contributed by atoms with E-state index in [9.17, 15) is 19.5 Å². The normalized spacial score (nSPS) is 32.8. The second-order valence-electron chi connectivity index (χ2n) is 11.6. The Bertz CT molecular complexity index is 1170. The molecular formula is C31H41N3O5. The molecule has 0 aliphatic carbocycles. The molecule has 0 bridgehead atoms. The molecule has 6 atom stereocenters. The summed E-state index contributed by atoms with van der Waals surface area (Å²) < 4.78 is 7.01. The first kappa shape index (κ1) is 27.6. The first-order chi connectivity index (χ1) is 18.7. The summed E-state index contributed by atoms with van der Waals surface area (Å²) in [6.07, 6.45) is 9.43. The van der Waals surface area contributed by atoms with Crippen LogP contribution < -0.4 is 0 Å². The van der Waals surface area contributed by atoms with Crippen LogP contribution in [0.4, 0.5) is 0 Å². The SMILES string of the molecule is CCCN1CC=C[C@@]2(CC)O[C@]34C=CCN(C(C)C)C(=O)C3N([C@@H](CO)Cc3ccccc3)C(=O)[C@@H]4[C@H]2C1=O. The molecule has 1 spiro atoms. The van der Waals surface area contributed by atoms with Crippen molar-refractivity contribution < 1.29 is 24.2 Å². The molecule has 0 aromatic heterocycles. The van der Waals surface area contributed by atoms with E-state index in [1.54, 1.807) is 9.80 Å². The van der Waals surface area contributed by atoms with Crippen LogP contribution in [0.3, 0.4) is 0 Å². The minimum absolute atomic E-state index is 0.0939. The summed E-state index contributed by atoms with van der Waals surface area (Å²) in [5.74, 6) is -2.23. The summed E-state index contributed by atoms with van der Waals surface area (Å²) >= 11 is 0. The Labute approximate surface area is 231 Å². The number of hydrogen-bond donors (Lipinski definition) is 1. The Balaban J connectivity index is 1.67. The largest absolute Gasteiger partial charge is 0.394 e. The van der Waals surface area contributed by atoms with Gasteiger partial charge in [0.2, 0.25) is 17.7 Å². The van der Waals surface area contributed by atoms with Gasteiger partial charge in [-0.15, -0.1) is 0 Å². The summed E-state index contributed by atoms with van der Waals surface area (Å²) in [5, 5.41) is 10.6. The van der Waals surface area contributed by atoms with E-state index in [0.717, 1.165) is 12.0 Å². The maximum Gasteiger partial charge on any atom is 0.249 e. The summed E-state index contributed by atoms with van der Waals surface area (Å²) in [5.41, 5.74) is -1.34. The van der Waals surface area contributed by atoms with Crippen molar-refractivity contribution in [3.8, 4) is 0 Å². The predicted molar refractivity (Wildman–Crippen MR) is 147 cm³/mol. The minimum atomic E-state index is -1.31. The third-order valence-electron chi connectivity index (χ3n) is 9.03. The number of aliphatic hydroxyl groups is 1. The number of fused-ring (bicyclic) bond motifs is 2. The first-order valence-corrected chi connectivity index (χ1v) is 14.4. The number of nitrogens with zero attached hydrogens (tertiary/aromatic N) is 3. The number of carbonyl (C=O) groups excluding carboxylic acids is 3. The molecule has 1 N–H and O–H groups in total. The van der Waals surface area contributed by atoms with E-state index in [4.69, 9.17) is 4.74 Å². The van der Waals surface area contributed by atoms with Crippen molar-refractivity contribution in [2.45, 2.75) is 76.3 Å². The number of amides is 3. The average Bonchev–Trinajstić information content (AvgIpc) is 3.22. The number of hydrogen-bond acceptors (Lipinski definition) is 5. The highest BCUT2D eigenvalue weighted by atomic mass is 16.5. The van der Waals surface area contributed by atoms with Crippen LogP contribution in [0.1, 0.15) is 46.1 Å². The monoisotopic (exact) mass is 535 g/mol. The Hall–Kier alpha value is -2.97. The first-order valence-electron chi connectivity index (χ1n) is 14.4. The number of rotatable bonds is 8. The maximum atomic E-state index is 14.6. The molecule has 1 unspecified atom stereocenters. The van der Waals surface area contributed by atoms with Crippen molar-refractivity contribution in [2.75, 3.05) is 26.2 Å². The predicted octanol–water partition coefficient (Wildman–Crippen LogP) is 2.57. The molecule has 3 amide bonds. The summed E-state index contributed by atoms with van der Waals surface area (Å²) in [6.45, 7) is 9.06. The van der Waals surface area contributed by atoms with Gasteiger partial charge in [-0.3, -0.25) is 14.4 Å². The Morgan fingerprint density at radius 3 is 2.33 bits per heavy atom. The molecule has 1 aromatic carbocycles. The van der Waals surface area contributed by atoms with E-state index in [1.165, 1.54) is 0 Å². The van der Waals surface area contributed by atoms with E-state index >= 15 is 0 Å².